The van der Waals surface area contributed by atoms with Gasteiger partial charge in [-0.1, -0.05) is 13.8 Å². The molecule has 108 valence electrons. The number of aliphatic carboxylic acids is 1. The third-order valence-corrected chi connectivity index (χ3v) is 3.95. The minimum absolute atomic E-state index is 0.00854. The molecular weight excluding hydrogens is 256 g/mol. The Bertz CT molecular complexity index is 528. The molecule has 1 N–H and O–H groups in total. The molecule has 0 radical (unpaired) electrons. The number of nitrogens with zero attached hydrogens (tertiary/aromatic N) is 2. The van der Waals surface area contributed by atoms with Gasteiger partial charge in [-0.15, -0.1) is 0 Å². The molecule has 0 aliphatic carbocycles. The van der Waals surface area contributed by atoms with Crippen molar-refractivity contribution in [1.82, 2.24) is 9.88 Å². The van der Waals surface area contributed by atoms with E-state index < -0.39 is 11.9 Å². The lowest BCUT2D eigenvalue weighted by molar-refractivity contribution is -0.142. The van der Waals surface area contributed by atoms with Crippen LogP contribution in [0, 0.1) is 24.7 Å². The summed E-state index contributed by atoms with van der Waals surface area (Å²) in [5.74, 6) is -1.17. The minimum atomic E-state index is -0.818. The molecule has 1 fully saturated rings. The molecule has 2 atom stereocenters. The lowest BCUT2D eigenvalue weighted by Gasteiger charge is -2.18. The molecular formula is C15H20N2O3. The first kappa shape index (κ1) is 14.5. The maximum absolute atomic E-state index is 12.4. The van der Waals surface area contributed by atoms with Crippen LogP contribution in [0.1, 0.15) is 29.8 Å². The Morgan fingerprint density at radius 3 is 2.55 bits per heavy atom. The van der Waals surface area contributed by atoms with Gasteiger partial charge in [0.15, 0.2) is 0 Å². The van der Waals surface area contributed by atoms with Gasteiger partial charge in [0.05, 0.1) is 11.5 Å². The molecule has 5 nitrogen and oxygen atoms in total. The number of carbonyl (C=O) groups excluding carboxylic acids is 1. The summed E-state index contributed by atoms with van der Waals surface area (Å²) >= 11 is 0. The van der Waals surface area contributed by atoms with E-state index in [0.717, 1.165) is 5.56 Å². The average molecular weight is 276 g/mol. The largest absolute Gasteiger partial charge is 0.481 e. The van der Waals surface area contributed by atoms with E-state index >= 15 is 0 Å². The highest BCUT2D eigenvalue weighted by Gasteiger charge is 2.41. The summed E-state index contributed by atoms with van der Waals surface area (Å²) in [6.07, 6.45) is 3.23. The number of hydrogen-bond acceptors (Lipinski definition) is 3. The predicted molar refractivity (Wildman–Crippen MR) is 74.3 cm³/mol. The van der Waals surface area contributed by atoms with Crippen molar-refractivity contribution >= 4 is 11.9 Å². The summed E-state index contributed by atoms with van der Waals surface area (Å²) in [6, 6.07) is 1.79. The number of aromatic nitrogens is 1. The second kappa shape index (κ2) is 5.61. The summed E-state index contributed by atoms with van der Waals surface area (Å²) in [5, 5.41) is 9.30. The van der Waals surface area contributed by atoms with Crippen molar-refractivity contribution in [1.29, 1.82) is 0 Å². The van der Waals surface area contributed by atoms with Crippen molar-refractivity contribution in [2.75, 3.05) is 13.1 Å². The number of carbonyl (C=O) groups is 2. The predicted octanol–water partition coefficient (Wildman–Crippen LogP) is 1.82. The first-order chi connectivity index (χ1) is 9.40. The van der Waals surface area contributed by atoms with Gasteiger partial charge in [0.2, 0.25) is 0 Å². The van der Waals surface area contributed by atoms with Crippen molar-refractivity contribution in [3.05, 3.63) is 29.6 Å². The summed E-state index contributed by atoms with van der Waals surface area (Å²) in [7, 11) is 0. The summed E-state index contributed by atoms with van der Waals surface area (Å²) in [6.45, 7) is 6.67. The number of pyridine rings is 1. The number of amides is 1. The number of hydrogen-bond donors (Lipinski definition) is 1. The van der Waals surface area contributed by atoms with Crippen molar-refractivity contribution in [2.45, 2.75) is 20.8 Å². The van der Waals surface area contributed by atoms with Gasteiger partial charge in [-0.2, -0.15) is 0 Å². The smallest absolute Gasteiger partial charge is 0.308 e. The third-order valence-electron chi connectivity index (χ3n) is 3.95. The van der Waals surface area contributed by atoms with Crippen molar-refractivity contribution in [3.8, 4) is 0 Å². The Kier molecular flexibility index (Phi) is 4.06. The monoisotopic (exact) mass is 276 g/mol. The average Bonchev–Trinajstić information content (AvgIpc) is 2.83. The van der Waals surface area contributed by atoms with Crippen molar-refractivity contribution < 1.29 is 14.7 Å². The van der Waals surface area contributed by atoms with Crippen LogP contribution in [0.3, 0.4) is 0 Å². The molecule has 0 unspecified atom stereocenters. The van der Waals surface area contributed by atoms with Crippen LogP contribution in [0.5, 0.6) is 0 Å². The van der Waals surface area contributed by atoms with Crippen LogP contribution in [0.2, 0.25) is 0 Å². The van der Waals surface area contributed by atoms with E-state index in [1.807, 2.05) is 20.8 Å². The Balaban J connectivity index is 2.18. The highest BCUT2D eigenvalue weighted by molar-refractivity contribution is 5.94. The van der Waals surface area contributed by atoms with Crippen LogP contribution in [-0.4, -0.2) is 40.0 Å². The number of likely N-dealkylation sites (tertiary alicyclic amines) is 1. The van der Waals surface area contributed by atoms with Gasteiger partial charge in [0.1, 0.15) is 0 Å². The van der Waals surface area contributed by atoms with Gasteiger partial charge in [-0.3, -0.25) is 14.6 Å². The first-order valence-electron chi connectivity index (χ1n) is 6.84. The molecule has 1 aliphatic heterocycles. The van der Waals surface area contributed by atoms with E-state index in [0.29, 0.717) is 12.1 Å². The lowest BCUT2D eigenvalue weighted by atomic mass is 9.86. The molecule has 1 saturated heterocycles. The van der Waals surface area contributed by atoms with E-state index in [1.54, 1.807) is 17.2 Å². The summed E-state index contributed by atoms with van der Waals surface area (Å²) in [4.78, 5) is 29.4. The number of carboxylic acid groups (broad SMARTS) is 1. The van der Waals surface area contributed by atoms with Crippen LogP contribution >= 0.6 is 0 Å². The van der Waals surface area contributed by atoms with Crippen LogP contribution < -0.4 is 0 Å². The molecule has 0 bridgehead atoms. The van der Waals surface area contributed by atoms with Gasteiger partial charge >= 0.3 is 5.97 Å². The van der Waals surface area contributed by atoms with Crippen LogP contribution in [0.15, 0.2) is 18.5 Å². The number of aryl methyl sites for hydroxylation is 1. The maximum Gasteiger partial charge on any atom is 0.308 e. The van der Waals surface area contributed by atoms with E-state index in [1.165, 1.54) is 6.20 Å². The fourth-order valence-corrected chi connectivity index (χ4v) is 2.79. The van der Waals surface area contributed by atoms with Crippen molar-refractivity contribution in [2.24, 2.45) is 17.8 Å². The molecule has 20 heavy (non-hydrogen) atoms. The molecule has 1 aromatic rings. The molecule has 5 heteroatoms. The zero-order valence-electron chi connectivity index (χ0n) is 12.0. The standard InChI is InChI=1S/C15H20N2O3/c1-9(2)12-7-17(8-13(12)15(19)20)14(18)11-4-10(3)5-16-6-11/h4-6,9,12-13H,7-8H2,1-3H3,(H,19,20)/t12-,13+/m1/s1. The molecule has 0 saturated carbocycles. The Morgan fingerprint density at radius 2 is 2.05 bits per heavy atom. The number of carboxylic acids is 1. The van der Waals surface area contributed by atoms with Gasteiger partial charge < -0.3 is 10.0 Å². The van der Waals surface area contributed by atoms with E-state index in [2.05, 4.69) is 4.98 Å². The topological polar surface area (TPSA) is 70.5 Å². The zero-order valence-corrected chi connectivity index (χ0v) is 12.0. The Hall–Kier alpha value is -1.91. The van der Waals surface area contributed by atoms with Crippen LogP contribution in [0.4, 0.5) is 0 Å². The molecule has 0 aromatic carbocycles. The molecule has 2 rings (SSSR count). The molecule has 1 amide bonds. The highest BCUT2D eigenvalue weighted by atomic mass is 16.4. The fourth-order valence-electron chi connectivity index (χ4n) is 2.79. The SMILES string of the molecule is Cc1cncc(C(=O)N2C[C@H](C(=O)O)[C@@H](C(C)C)C2)c1. The second-order valence-corrected chi connectivity index (χ2v) is 5.81. The summed E-state index contributed by atoms with van der Waals surface area (Å²) < 4.78 is 0. The van der Waals surface area contributed by atoms with E-state index in [4.69, 9.17) is 0 Å². The maximum atomic E-state index is 12.4. The Labute approximate surface area is 118 Å². The van der Waals surface area contributed by atoms with Gasteiger partial charge in [-0.25, -0.2) is 0 Å². The molecule has 0 spiro atoms. The quantitative estimate of drug-likeness (QED) is 0.914. The van der Waals surface area contributed by atoms with Gasteiger partial charge in [0.25, 0.3) is 5.91 Å². The fraction of sp³-hybridized carbons (Fsp3) is 0.533. The third kappa shape index (κ3) is 2.81. The van der Waals surface area contributed by atoms with Gasteiger partial charge in [0, 0.05) is 25.5 Å². The second-order valence-electron chi connectivity index (χ2n) is 5.81. The normalized spacial score (nSPS) is 22.3. The molecule has 2 heterocycles. The van der Waals surface area contributed by atoms with Crippen LogP contribution in [-0.2, 0) is 4.79 Å². The lowest BCUT2D eigenvalue weighted by Crippen LogP contribution is -2.30. The first-order valence-corrected chi connectivity index (χ1v) is 6.84. The highest BCUT2D eigenvalue weighted by Crippen LogP contribution is 2.30. The van der Waals surface area contributed by atoms with Gasteiger partial charge in [-0.05, 0) is 30.4 Å². The van der Waals surface area contributed by atoms with E-state index in [-0.39, 0.29) is 24.3 Å². The summed E-state index contributed by atoms with van der Waals surface area (Å²) in [5.41, 5.74) is 1.45. The van der Waals surface area contributed by atoms with Crippen LogP contribution in [0.25, 0.3) is 0 Å². The molecule has 1 aliphatic rings. The molecule has 1 aromatic heterocycles. The van der Waals surface area contributed by atoms with Crippen molar-refractivity contribution in [3.63, 3.8) is 0 Å². The van der Waals surface area contributed by atoms with E-state index in [9.17, 15) is 14.7 Å². The number of rotatable bonds is 3. The Morgan fingerprint density at radius 1 is 1.35 bits per heavy atom. The zero-order chi connectivity index (χ0) is 14.9. The minimum Gasteiger partial charge on any atom is -0.481 e.